The lowest BCUT2D eigenvalue weighted by Crippen LogP contribution is -2.27. The van der Waals surface area contributed by atoms with Gasteiger partial charge in [-0.25, -0.2) is 9.37 Å². The summed E-state index contributed by atoms with van der Waals surface area (Å²) in [5.41, 5.74) is 1.71. The summed E-state index contributed by atoms with van der Waals surface area (Å²) in [6.07, 6.45) is 0. The van der Waals surface area contributed by atoms with Gasteiger partial charge in [-0.05, 0) is 35.9 Å². The Morgan fingerprint density at radius 2 is 2.04 bits per heavy atom. The second kappa shape index (κ2) is 6.07. The average molecular weight is 360 g/mol. The third kappa shape index (κ3) is 2.63. The van der Waals surface area contributed by atoms with Gasteiger partial charge in [0.05, 0.1) is 23.1 Å². The molecule has 24 heavy (non-hydrogen) atoms. The lowest BCUT2D eigenvalue weighted by molar-refractivity contribution is -0.115. The van der Waals surface area contributed by atoms with Crippen LogP contribution in [-0.4, -0.2) is 23.8 Å². The first-order valence-corrected chi connectivity index (χ1v) is 9.16. The number of thiazole rings is 1. The number of halogens is 1. The zero-order valence-corrected chi connectivity index (χ0v) is 14.4. The van der Waals surface area contributed by atoms with Crippen molar-refractivity contribution >= 4 is 44.4 Å². The first-order chi connectivity index (χ1) is 11.7. The molecule has 0 spiro atoms. The van der Waals surface area contributed by atoms with Crippen LogP contribution in [0.5, 0.6) is 5.75 Å². The quantitative estimate of drug-likeness (QED) is 0.701. The summed E-state index contributed by atoms with van der Waals surface area (Å²) >= 11 is 2.90. The first kappa shape index (κ1) is 15.4. The molecule has 0 N–H and O–H groups in total. The Hall–Kier alpha value is -2.12. The summed E-state index contributed by atoms with van der Waals surface area (Å²) in [6.45, 7) is 0. The fourth-order valence-corrected chi connectivity index (χ4v) is 4.89. The molecule has 1 aliphatic rings. The molecule has 2 heterocycles. The van der Waals surface area contributed by atoms with E-state index in [1.807, 2.05) is 24.3 Å². The van der Waals surface area contributed by atoms with Gasteiger partial charge in [0, 0.05) is 0 Å². The number of fused-ring (bicyclic) bond motifs is 1. The molecular weight excluding hydrogens is 347 g/mol. The summed E-state index contributed by atoms with van der Waals surface area (Å²) in [5.74, 6) is 0.892. The number of hydrogen-bond acceptors (Lipinski definition) is 5. The first-order valence-electron chi connectivity index (χ1n) is 7.29. The van der Waals surface area contributed by atoms with Crippen LogP contribution in [0.25, 0.3) is 10.2 Å². The van der Waals surface area contributed by atoms with E-state index in [2.05, 4.69) is 4.98 Å². The Labute approximate surface area is 146 Å². The summed E-state index contributed by atoms with van der Waals surface area (Å²) in [6, 6.07) is 12.1. The fourth-order valence-electron chi connectivity index (χ4n) is 2.64. The average Bonchev–Trinajstić information content (AvgIpc) is 3.17. The summed E-state index contributed by atoms with van der Waals surface area (Å²) in [4.78, 5) is 18.6. The molecule has 1 unspecified atom stereocenters. The van der Waals surface area contributed by atoms with E-state index in [0.29, 0.717) is 16.4 Å². The number of carbonyl (C=O) groups excluding carboxylic acids is 1. The normalized spacial score (nSPS) is 17.7. The van der Waals surface area contributed by atoms with E-state index in [0.717, 1.165) is 16.0 Å². The van der Waals surface area contributed by atoms with Crippen LogP contribution in [0.2, 0.25) is 0 Å². The van der Waals surface area contributed by atoms with E-state index in [-0.39, 0.29) is 17.1 Å². The predicted octanol–water partition coefficient (Wildman–Crippen LogP) is 4.22. The van der Waals surface area contributed by atoms with Crippen molar-refractivity contribution in [2.75, 3.05) is 17.8 Å². The Kier molecular flexibility index (Phi) is 3.90. The highest BCUT2D eigenvalue weighted by atomic mass is 32.2. The highest BCUT2D eigenvalue weighted by Gasteiger charge is 2.36. The van der Waals surface area contributed by atoms with Gasteiger partial charge in [-0.3, -0.25) is 9.69 Å². The number of aromatic nitrogens is 1. The van der Waals surface area contributed by atoms with Gasteiger partial charge >= 0.3 is 0 Å². The van der Waals surface area contributed by atoms with E-state index >= 15 is 0 Å². The third-order valence-corrected chi connectivity index (χ3v) is 6.04. The zero-order chi connectivity index (χ0) is 16.7. The number of thioether (sulfide) groups is 1. The monoisotopic (exact) mass is 360 g/mol. The Morgan fingerprint density at radius 1 is 1.25 bits per heavy atom. The van der Waals surface area contributed by atoms with Crippen molar-refractivity contribution in [3.05, 3.63) is 53.8 Å². The van der Waals surface area contributed by atoms with Crippen LogP contribution in [0.1, 0.15) is 10.9 Å². The number of amides is 1. The van der Waals surface area contributed by atoms with Gasteiger partial charge in [0.15, 0.2) is 5.13 Å². The van der Waals surface area contributed by atoms with Crippen LogP contribution in [0.3, 0.4) is 0 Å². The molecule has 122 valence electrons. The van der Waals surface area contributed by atoms with Crippen LogP contribution in [-0.2, 0) is 4.79 Å². The topological polar surface area (TPSA) is 42.4 Å². The number of methoxy groups -OCH3 is 1. The number of anilines is 1. The van der Waals surface area contributed by atoms with Crippen molar-refractivity contribution in [2.45, 2.75) is 5.37 Å². The molecule has 2 aromatic carbocycles. The smallest absolute Gasteiger partial charge is 0.240 e. The van der Waals surface area contributed by atoms with E-state index < -0.39 is 0 Å². The Balaban J connectivity index is 1.73. The lowest BCUT2D eigenvalue weighted by Gasteiger charge is -2.21. The van der Waals surface area contributed by atoms with Crippen molar-refractivity contribution in [1.82, 2.24) is 4.98 Å². The maximum absolute atomic E-state index is 13.4. The summed E-state index contributed by atoms with van der Waals surface area (Å²) in [7, 11) is 1.62. The van der Waals surface area contributed by atoms with Gasteiger partial charge in [0.25, 0.3) is 0 Å². The second-order valence-corrected chi connectivity index (χ2v) is 7.39. The molecule has 0 bridgehead atoms. The minimum absolute atomic E-state index is 0.0142. The Bertz CT molecular complexity index is 911. The van der Waals surface area contributed by atoms with Gasteiger partial charge < -0.3 is 4.74 Å². The van der Waals surface area contributed by atoms with E-state index in [1.54, 1.807) is 29.8 Å². The molecule has 0 aliphatic carbocycles. The SMILES string of the molecule is COc1ccc(C2SCC(=O)N2c2nc3ccc(F)cc3s2)cc1. The van der Waals surface area contributed by atoms with Crippen molar-refractivity contribution in [2.24, 2.45) is 0 Å². The van der Waals surface area contributed by atoms with Crippen molar-refractivity contribution in [3.63, 3.8) is 0 Å². The van der Waals surface area contributed by atoms with Crippen LogP contribution < -0.4 is 9.64 Å². The molecule has 1 fully saturated rings. The van der Waals surface area contributed by atoms with Gasteiger partial charge in [0.1, 0.15) is 16.9 Å². The van der Waals surface area contributed by atoms with Crippen molar-refractivity contribution in [1.29, 1.82) is 0 Å². The second-order valence-electron chi connectivity index (χ2n) is 5.31. The molecule has 1 atom stereocenters. The molecular formula is C17H13FN2O2S2. The van der Waals surface area contributed by atoms with Gasteiger partial charge in [0.2, 0.25) is 5.91 Å². The molecule has 4 nitrogen and oxygen atoms in total. The predicted molar refractivity (Wildman–Crippen MR) is 95.3 cm³/mol. The van der Waals surface area contributed by atoms with E-state index in [1.165, 1.54) is 23.5 Å². The van der Waals surface area contributed by atoms with Crippen LogP contribution >= 0.6 is 23.1 Å². The highest BCUT2D eigenvalue weighted by molar-refractivity contribution is 8.00. The molecule has 1 saturated heterocycles. The molecule has 3 aromatic rings. The maximum Gasteiger partial charge on any atom is 0.240 e. The number of benzene rings is 2. The third-order valence-electron chi connectivity index (χ3n) is 3.81. The number of carbonyl (C=O) groups is 1. The molecule has 4 rings (SSSR count). The zero-order valence-electron chi connectivity index (χ0n) is 12.7. The number of nitrogens with zero attached hydrogens (tertiary/aromatic N) is 2. The fraction of sp³-hybridized carbons (Fsp3) is 0.176. The molecule has 0 saturated carbocycles. The van der Waals surface area contributed by atoms with Gasteiger partial charge in [-0.15, -0.1) is 11.8 Å². The van der Waals surface area contributed by atoms with E-state index in [4.69, 9.17) is 4.74 Å². The van der Waals surface area contributed by atoms with E-state index in [9.17, 15) is 9.18 Å². The molecule has 1 amide bonds. The summed E-state index contributed by atoms with van der Waals surface area (Å²) < 4.78 is 19.3. The van der Waals surface area contributed by atoms with Crippen molar-refractivity contribution < 1.29 is 13.9 Å². The largest absolute Gasteiger partial charge is 0.497 e. The molecule has 1 aromatic heterocycles. The minimum Gasteiger partial charge on any atom is -0.497 e. The van der Waals surface area contributed by atoms with Crippen LogP contribution in [0, 0.1) is 5.82 Å². The van der Waals surface area contributed by atoms with Crippen molar-refractivity contribution in [3.8, 4) is 5.75 Å². The highest BCUT2D eigenvalue weighted by Crippen LogP contribution is 2.44. The van der Waals surface area contributed by atoms with Crippen LogP contribution in [0.15, 0.2) is 42.5 Å². The Morgan fingerprint density at radius 3 is 2.79 bits per heavy atom. The van der Waals surface area contributed by atoms with Gasteiger partial charge in [-0.1, -0.05) is 23.5 Å². The van der Waals surface area contributed by atoms with Gasteiger partial charge in [-0.2, -0.15) is 0 Å². The number of hydrogen-bond donors (Lipinski definition) is 0. The van der Waals surface area contributed by atoms with Crippen LogP contribution in [0.4, 0.5) is 9.52 Å². The molecule has 1 aliphatic heterocycles. The maximum atomic E-state index is 13.4. The number of ether oxygens (including phenoxy) is 1. The summed E-state index contributed by atoms with van der Waals surface area (Å²) in [5, 5.41) is 0.472. The minimum atomic E-state index is -0.300. The lowest BCUT2D eigenvalue weighted by atomic mass is 10.2. The number of rotatable bonds is 3. The molecule has 0 radical (unpaired) electrons. The molecule has 7 heteroatoms. The standard InChI is InChI=1S/C17H13FN2O2S2/c1-22-12-5-2-10(3-6-12)16-20(15(21)9-23-16)17-19-13-7-4-11(18)8-14(13)24-17/h2-8,16H,9H2,1H3.